The van der Waals surface area contributed by atoms with Gasteiger partial charge < -0.3 is 24.6 Å². The van der Waals surface area contributed by atoms with Gasteiger partial charge in [0.2, 0.25) is 5.91 Å². The van der Waals surface area contributed by atoms with Gasteiger partial charge in [0.15, 0.2) is 6.10 Å². The molecule has 2 aliphatic heterocycles. The standard InChI is InChI=1S/C26H31N3O5/c1-18(2)33-26(32)19-10-12-20(13-11-19)27-24(30)17-29-16-23(25(31)28-14-6-3-7-15-28)34-22-9-5-4-8-21(22)29/h4-5,8-13,18,23H,3,6-7,14-17H2,1-2H3,(H,27,30)/t23-/m0/s1. The highest BCUT2D eigenvalue weighted by atomic mass is 16.5. The van der Waals surface area contributed by atoms with Crippen molar-refractivity contribution in [2.45, 2.75) is 45.3 Å². The van der Waals surface area contributed by atoms with E-state index in [-0.39, 0.29) is 24.5 Å². The molecule has 2 aromatic carbocycles. The number of ether oxygens (including phenoxy) is 2. The zero-order chi connectivity index (χ0) is 24.1. The molecule has 2 aliphatic rings. The number of fused-ring (bicyclic) bond motifs is 1. The first kappa shape index (κ1) is 23.6. The van der Waals surface area contributed by atoms with E-state index in [0.717, 1.165) is 38.0 Å². The molecular weight excluding hydrogens is 434 g/mol. The number of hydrogen-bond donors (Lipinski definition) is 1. The molecule has 2 heterocycles. The second kappa shape index (κ2) is 10.6. The van der Waals surface area contributed by atoms with Gasteiger partial charge >= 0.3 is 5.97 Å². The van der Waals surface area contributed by atoms with Gasteiger partial charge in [0, 0.05) is 18.8 Å². The molecule has 2 aromatic rings. The summed E-state index contributed by atoms with van der Waals surface area (Å²) in [5.74, 6) is -0.0472. The summed E-state index contributed by atoms with van der Waals surface area (Å²) in [5, 5.41) is 2.87. The Morgan fingerprint density at radius 3 is 2.44 bits per heavy atom. The number of amides is 2. The zero-order valence-corrected chi connectivity index (χ0v) is 19.7. The Balaban J connectivity index is 1.41. The third-order valence-corrected chi connectivity index (χ3v) is 5.89. The van der Waals surface area contributed by atoms with E-state index in [1.807, 2.05) is 34.1 Å². The van der Waals surface area contributed by atoms with Crippen LogP contribution in [-0.4, -0.2) is 61.1 Å². The van der Waals surface area contributed by atoms with E-state index in [2.05, 4.69) is 5.32 Å². The summed E-state index contributed by atoms with van der Waals surface area (Å²) in [6.45, 7) is 5.46. The molecule has 180 valence electrons. The van der Waals surface area contributed by atoms with Crippen molar-refractivity contribution in [3.63, 3.8) is 0 Å². The molecule has 0 bridgehead atoms. The van der Waals surface area contributed by atoms with Crippen molar-refractivity contribution in [1.82, 2.24) is 4.90 Å². The maximum Gasteiger partial charge on any atom is 0.338 e. The first-order chi connectivity index (χ1) is 16.4. The van der Waals surface area contributed by atoms with Crippen molar-refractivity contribution in [2.75, 3.05) is 36.4 Å². The first-order valence-electron chi connectivity index (χ1n) is 11.8. The van der Waals surface area contributed by atoms with Gasteiger partial charge in [0.25, 0.3) is 5.91 Å². The van der Waals surface area contributed by atoms with Crippen LogP contribution >= 0.6 is 0 Å². The third-order valence-electron chi connectivity index (χ3n) is 5.89. The van der Waals surface area contributed by atoms with Crippen LogP contribution in [0.2, 0.25) is 0 Å². The minimum atomic E-state index is -0.646. The fraction of sp³-hybridized carbons (Fsp3) is 0.423. The van der Waals surface area contributed by atoms with Crippen LogP contribution in [0.4, 0.5) is 11.4 Å². The number of carbonyl (C=O) groups is 3. The van der Waals surface area contributed by atoms with Crippen molar-refractivity contribution in [1.29, 1.82) is 0 Å². The Bertz CT molecular complexity index is 1030. The number of nitrogens with zero attached hydrogens (tertiary/aromatic N) is 2. The average Bonchev–Trinajstić information content (AvgIpc) is 2.84. The molecule has 0 aromatic heterocycles. The van der Waals surface area contributed by atoms with Crippen LogP contribution < -0.4 is 15.0 Å². The van der Waals surface area contributed by atoms with E-state index in [1.54, 1.807) is 38.1 Å². The minimum absolute atomic E-state index is 0.0246. The second-order valence-electron chi connectivity index (χ2n) is 8.92. The SMILES string of the molecule is CC(C)OC(=O)c1ccc(NC(=O)CN2C[C@@H](C(=O)N3CCCCC3)Oc3ccccc32)cc1. The quantitative estimate of drug-likeness (QED) is 0.658. The number of hydrogen-bond acceptors (Lipinski definition) is 6. The predicted molar refractivity (Wildman–Crippen MR) is 129 cm³/mol. The lowest BCUT2D eigenvalue weighted by atomic mass is 10.1. The van der Waals surface area contributed by atoms with Crippen molar-refractivity contribution < 1.29 is 23.9 Å². The molecule has 0 saturated carbocycles. The van der Waals surface area contributed by atoms with Crippen molar-refractivity contribution in [2.24, 2.45) is 0 Å². The Labute approximate surface area is 199 Å². The summed E-state index contributed by atoms with van der Waals surface area (Å²) in [6, 6.07) is 14.0. The first-order valence-corrected chi connectivity index (χ1v) is 11.8. The van der Waals surface area contributed by atoms with Crippen LogP contribution in [0, 0.1) is 0 Å². The van der Waals surface area contributed by atoms with Crippen LogP contribution in [-0.2, 0) is 14.3 Å². The van der Waals surface area contributed by atoms with E-state index < -0.39 is 12.1 Å². The molecule has 1 N–H and O–H groups in total. The van der Waals surface area contributed by atoms with Crippen molar-refractivity contribution in [3.8, 4) is 5.75 Å². The molecule has 1 fully saturated rings. The lowest BCUT2D eigenvalue weighted by Crippen LogP contribution is -2.52. The number of para-hydroxylation sites is 2. The predicted octanol–water partition coefficient (Wildman–Crippen LogP) is 3.47. The van der Waals surface area contributed by atoms with E-state index in [4.69, 9.17) is 9.47 Å². The van der Waals surface area contributed by atoms with E-state index in [1.165, 1.54) is 0 Å². The summed E-state index contributed by atoms with van der Waals surface area (Å²) >= 11 is 0. The minimum Gasteiger partial charge on any atom is -0.477 e. The Hall–Kier alpha value is -3.55. The molecule has 4 rings (SSSR count). The maximum absolute atomic E-state index is 13.1. The smallest absolute Gasteiger partial charge is 0.338 e. The maximum atomic E-state index is 13.1. The molecule has 34 heavy (non-hydrogen) atoms. The summed E-state index contributed by atoms with van der Waals surface area (Å²) < 4.78 is 11.2. The summed E-state index contributed by atoms with van der Waals surface area (Å²) in [6.07, 6.45) is 2.31. The summed E-state index contributed by atoms with van der Waals surface area (Å²) in [5.41, 5.74) is 1.79. The van der Waals surface area contributed by atoms with Gasteiger partial charge in [0.1, 0.15) is 5.75 Å². The molecule has 0 aliphatic carbocycles. The van der Waals surface area contributed by atoms with Gasteiger partial charge in [-0.3, -0.25) is 9.59 Å². The Kier molecular flexibility index (Phi) is 7.35. The lowest BCUT2D eigenvalue weighted by Gasteiger charge is -2.38. The van der Waals surface area contributed by atoms with Crippen LogP contribution in [0.3, 0.4) is 0 Å². The molecule has 0 spiro atoms. The molecule has 0 unspecified atom stereocenters. The number of rotatable bonds is 6. The summed E-state index contributed by atoms with van der Waals surface area (Å²) in [7, 11) is 0. The van der Waals surface area contributed by atoms with E-state index in [0.29, 0.717) is 23.5 Å². The van der Waals surface area contributed by atoms with Crippen LogP contribution in [0.1, 0.15) is 43.5 Å². The average molecular weight is 466 g/mol. The fourth-order valence-corrected chi connectivity index (χ4v) is 4.25. The zero-order valence-electron chi connectivity index (χ0n) is 19.7. The largest absolute Gasteiger partial charge is 0.477 e. The normalized spacial score (nSPS) is 17.6. The van der Waals surface area contributed by atoms with Gasteiger partial charge in [-0.05, 0) is 69.5 Å². The number of nitrogens with one attached hydrogen (secondary N) is 1. The molecule has 2 amide bonds. The van der Waals surface area contributed by atoms with Gasteiger partial charge in [-0.1, -0.05) is 12.1 Å². The van der Waals surface area contributed by atoms with E-state index in [9.17, 15) is 14.4 Å². The number of carbonyl (C=O) groups excluding carboxylic acids is 3. The fourth-order valence-electron chi connectivity index (χ4n) is 4.25. The molecule has 1 saturated heterocycles. The summed E-state index contributed by atoms with van der Waals surface area (Å²) in [4.78, 5) is 41.7. The molecule has 1 atom stereocenters. The number of anilines is 2. The number of piperidine rings is 1. The van der Waals surface area contributed by atoms with E-state index >= 15 is 0 Å². The highest BCUT2D eigenvalue weighted by Gasteiger charge is 2.34. The number of esters is 1. The van der Waals surface area contributed by atoms with Crippen LogP contribution in [0.5, 0.6) is 5.75 Å². The van der Waals surface area contributed by atoms with Gasteiger partial charge in [-0.2, -0.15) is 0 Å². The monoisotopic (exact) mass is 465 g/mol. The highest BCUT2D eigenvalue weighted by molar-refractivity contribution is 5.96. The molecule has 0 radical (unpaired) electrons. The Morgan fingerprint density at radius 1 is 1.03 bits per heavy atom. The third kappa shape index (κ3) is 5.68. The topological polar surface area (TPSA) is 88.2 Å². The van der Waals surface area contributed by atoms with Crippen molar-refractivity contribution >= 4 is 29.2 Å². The van der Waals surface area contributed by atoms with Gasteiger partial charge in [0.05, 0.1) is 30.4 Å². The number of benzene rings is 2. The van der Waals surface area contributed by atoms with Gasteiger partial charge in [-0.25, -0.2) is 4.79 Å². The molecule has 8 nitrogen and oxygen atoms in total. The molecule has 8 heteroatoms. The Morgan fingerprint density at radius 2 is 1.74 bits per heavy atom. The van der Waals surface area contributed by atoms with Crippen molar-refractivity contribution in [3.05, 3.63) is 54.1 Å². The molecular formula is C26H31N3O5. The van der Waals surface area contributed by atoms with Crippen LogP contribution in [0.25, 0.3) is 0 Å². The number of likely N-dealkylation sites (tertiary alicyclic amines) is 1. The second-order valence-corrected chi connectivity index (χ2v) is 8.92. The lowest BCUT2D eigenvalue weighted by molar-refractivity contribution is -0.139. The highest BCUT2D eigenvalue weighted by Crippen LogP contribution is 2.33. The van der Waals surface area contributed by atoms with Crippen LogP contribution in [0.15, 0.2) is 48.5 Å². The van der Waals surface area contributed by atoms with Gasteiger partial charge in [-0.15, -0.1) is 0 Å².